The van der Waals surface area contributed by atoms with Gasteiger partial charge in [-0.2, -0.15) is 5.10 Å². The van der Waals surface area contributed by atoms with E-state index in [-0.39, 0.29) is 11.7 Å². The van der Waals surface area contributed by atoms with Gasteiger partial charge in [0.25, 0.3) is 0 Å². The Bertz CT molecular complexity index is 884. The van der Waals surface area contributed by atoms with Crippen LogP contribution in [0.25, 0.3) is 10.9 Å². The van der Waals surface area contributed by atoms with Gasteiger partial charge in [-0.05, 0) is 52.7 Å². The maximum Gasteiger partial charge on any atom is 0.410 e. The smallest absolute Gasteiger partial charge is 0.410 e. The second-order valence-electron chi connectivity index (χ2n) is 8.18. The Kier molecular flexibility index (Phi) is 9.38. The van der Waals surface area contributed by atoms with Gasteiger partial charge in [0, 0.05) is 19.6 Å². The molecule has 0 radical (unpaired) electrons. The quantitative estimate of drug-likeness (QED) is 0.523. The second-order valence-corrected chi connectivity index (χ2v) is 8.18. The van der Waals surface area contributed by atoms with Crippen LogP contribution < -0.4 is 4.74 Å². The molecule has 1 amide bonds. The molecule has 1 aromatic heterocycles. The van der Waals surface area contributed by atoms with Gasteiger partial charge in [0.15, 0.2) is 0 Å². The number of hydrogen-bond acceptors (Lipinski definition) is 4. The number of likely N-dealkylation sites (tertiary alicyclic amines) is 1. The van der Waals surface area contributed by atoms with Gasteiger partial charge < -0.3 is 14.4 Å². The van der Waals surface area contributed by atoms with Gasteiger partial charge in [0.05, 0.1) is 24.2 Å². The first-order valence-electron chi connectivity index (χ1n) is 10.8. The predicted octanol–water partition coefficient (Wildman–Crippen LogP) is 5.77. The molecule has 0 unspecified atom stereocenters. The van der Waals surface area contributed by atoms with Gasteiger partial charge >= 0.3 is 6.09 Å². The topological polar surface area (TPSA) is 56.6 Å². The number of nitrogens with zero attached hydrogens (tertiary/aromatic N) is 3. The highest BCUT2D eigenvalue weighted by atomic mass is 16.6. The maximum atomic E-state index is 11.4. The monoisotopic (exact) mass is 425 g/mol. The van der Waals surface area contributed by atoms with Crippen molar-refractivity contribution >= 4 is 17.0 Å². The van der Waals surface area contributed by atoms with E-state index in [9.17, 15) is 4.79 Å². The molecule has 1 fully saturated rings. The molecule has 2 heterocycles. The second kappa shape index (κ2) is 12.0. The lowest BCUT2D eigenvalue weighted by molar-refractivity contribution is 0.0295. The van der Waals surface area contributed by atoms with Crippen LogP contribution in [0.4, 0.5) is 4.79 Å². The summed E-state index contributed by atoms with van der Waals surface area (Å²) in [5.74, 6) is 0.886. The largest absolute Gasteiger partial charge is 0.496 e. The van der Waals surface area contributed by atoms with Crippen molar-refractivity contribution in [3.63, 3.8) is 0 Å². The molecule has 4 rings (SSSR count). The summed E-state index contributed by atoms with van der Waals surface area (Å²) in [5, 5.41) is 5.33. The zero-order valence-corrected chi connectivity index (χ0v) is 19.4. The van der Waals surface area contributed by atoms with E-state index in [2.05, 4.69) is 12.0 Å². The SMILES string of the molecule is CC(C)(C)OC(=O)N1CCCC1.CCn1ncc2c(OC)cccc21.c1ccccc1. The number of rotatable bonds is 2. The number of aromatic nitrogens is 2. The Morgan fingerprint density at radius 3 is 2.06 bits per heavy atom. The van der Waals surface area contributed by atoms with Gasteiger partial charge in [0.1, 0.15) is 11.4 Å². The summed E-state index contributed by atoms with van der Waals surface area (Å²) in [6.07, 6.45) is 3.90. The van der Waals surface area contributed by atoms with Crippen molar-refractivity contribution in [1.29, 1.82) is 0 Å². The van der Waals surface area contributed by atoms with Crippen molar-refractivity contribution in [2.24, 2.45) is 0 Å². The number of carbonyl (C=O) groups excluding carboxylic acids is 1. The van der Waals surface area contributed by atoms with Crippen molar-refractivity contribution in [3.05, 3.63) is 60.8 Å². The van der Waals surface area contributed by atoms with Crippen LogP contribution in [0.3, 0.4) is 0 Å². The number of aryl methyl sites for hydroxylation is 1. The summed E-state index contributed by atoms with van der Waals surface area (Å²) in [6.45, 7) is 10.3. The fourth-order valence-electron chi connectivity index (χ4n) is 3.12. The normalized spacial score (nSPS) is 13.0. The van der Waals surface area contributed by atoms with Crippen LogP contribution in [-0.2, 0) is 11.3 Å². The summed E-state index contributed by atoms with van der Waals surface area (Å²) in [7, 11) is 1.68. The van der Waals surface area contributed by atoms with E-state index in [0.29, 0.717) is 0 Å². The van der Waals surface area contributed by atoms with Crippen LogP contribution in [0, 0.1) is 0 Å². The molecule has 6 heteroatoms. The minimum absolute atomic E-state index is 0.167. The first-order chi connectivity index (χ1) is 14.9. The van der Waals surface area contributed by atoms with Crippen molar-refractivity contribution in [2.45, 2.75) is 52.7 Å². The third-order valence-electron chi connectivity index (χ3n) is 4.59. The average Bonchev–Trinajstić information content (AvgIpc) is 3.44. The lowest BCUT2D eigenvalue weighted by Crippen LogP contribution is -2.34. The number of methoxy groups -OCH3 is 1. The molecule has 6 nitrogen and oxygen atoms in total. The number of fused-ring (bicyclic) bond motifs is 1. The first-order valence-corrected chi connectivity index (χ1v) is 10.8. The molecular weight excluding hydrogens is 390 g/mol. The van der Waals surface area contributed by atoms with Crippen molar-refractivity contribution in [1.82, 2.24) is 14.7 Å². The zero-order valence-electron chi connectivity index (χ0n) is 19.4. The lowest BCUT2D eigenvalue weighted by Gasteiger charge is -2.23. The third kappa shape index (κ3) is 7.96. The van der Waals surface area contributed by atoms with Crippen molar-refractivity contribution in [2.75, 3.05) is 20.2 Å². The van der Waals surface area contributed by atoms with Crippen LogP contribution in [0.2, 0.25) is 0 Å². The van der Waals surface area contributed by atoms with Gasteiger partial charge in [-0.3, -0.25) is 4.68 Å². The Balaban J connectivity index is 0.000000176. The summed E-state index contributed by atoms with van der Waals surface area (Å²) in [5.41, 5.74) is 0.765. The Morgan fingerprint density at radius 2 is 1.58 bits per heavy atom. The molecule has 0 bridgehead atoms. The van der Waals surface area contributed by atoms with Gasteiger partial charge in [0.2, 0.25) is 0 Å². The molecular formula is C25H35N3O3. The standard InChI is InChI=1S/C10H12N2O.C9H17NO2.C6H6/c1-3-12-9-5-4-6-10(13-2)8(9)7-11-12;1-9(2,3)12-8(11)10-6-4-5-7-10;1-2-4-6-5-3-1/h4-7H,3H2,1-2H3;4-7H2,1-3H3;1-6H. The van der Waals surface area contributed by atoms with Crippen molar-refractivity contribution in [3.8, 4) is 5.75 Å². The van der Waals surface area contributed by atoms with Crippen LogP contribution in [0.15, 0.2) is 60.8 Å². The molecule has 1 aliphatic rings. The van der Waals surface area contributed by atoms with E-state index < -0.39 is 0 Å². The fraction of sp³-hybridized carbons (Fsp3) is 0.440. The van der Waals surface area contributed by atoms with Crippen LogP contribution in [0.1, 0.15) is 40.5 Å². The van der Waals surface area contributed by atoms with Gasteiger partial charge in [-0.25, -0.2) is 4.79 Å². The Hall–Kier alpha value is -3.02. The molecule has 0 aliphatic carbocycles. The van der Waals surface area contributed by atoms with E-state index in [0.717, 1.165) is 49.1 Å². The minimum atomic E-state index is -0.361. The van der Waals surface area contributed by atoms with Crippen LogP contribution >= 0.6 is 0 Å². The van der Waals surface area contributed by atoms with Gasteiger partial charge in [-0.15, -0.1) is 0 Å². The van der Waals surface area contributed by atoms with Crippen LogP contribution in [-0.4, -0.2) is 46.6 Å². The average molecular weight is 426 g/mol. The minimum Gasteiger partial charge on any atom is -0.496 e. The molecule has 31 heavy (non-hydrogen) atoms. The Morgan fingerprint density at radius 1 is 1.00 bits per heavy atom. The summed E-state index contributed by atoms with van der Waals surface area (Å²) in [6, 6.07) is 18.0. The summed E-state index contributed by atoms with van der Waals surface area (Å²) >= 11 is 0. The predicted molar refractivity (Wildman–Crippen MR) is 125 cm³/mol. The highest BCUT2D eigenvalue weighted by Gasteiger charge is 2.23. The fourth-order valence-corrected chi connectivity index (χ4v) is 3.12. The van der Waals surface area contributed by atoms with E-state index in [1.807, 2.05) is 86.2 Å². The van der Waals surface area contributed by atoms with Crippen molar-refractivity contribution < 1.29 is 14.3 Å². The number of ether oxygens (including phenoxy) is 2. The molecule has 1 saturated heterocycles. The molecule has 3 aromatic rings. The highest BCUT2D eigenvalue weighted by Crippen LogP contribution is 2.24. The summed E-state index contributed by atoms with van der Waals surface area (Å²) < 4.78 is 12.4. The van der Waals surface area contributed by atoms with E-state index in [1.165, 1.54) is 0 Å². The Labute approximate surface area is 185 Å². The molecule has 0 N–H and O–H groups in total. The third-order valence-corrected chi connectivity index (χ3v) is 4.59. The maximum absolute atomic E-state index is 11.4. The number of benzene rings is 2. The van der Waals surface area contributed by atoms with E-state index >= 15 is 0 Å². The molecule has 2 aromatic carbocycles. The van der Waals surface area contributed by atoms with E-state index in [1.54, 1.807) is 12.0 Å². The van der Waals surface area contributed by atoms with Crippen LogP contribution in [0.5, 0.6) is 5.75 Å². The van der Waals surface area contributed by atoms with Gasteiger partial charge in [-0.1, -0.05) is 42.5 Å². The van der Waals surface area contributed by atoms with E-state index in [4.69, 9.17) is 9.47 Å². The molecule has 0 atom stereocenters. The summed E-state index contributed by atoms with van der Waals surface area (Å²) in [4.78, 5) is 13.1. The lowest BCUT2D eigenvalue weighted by atomic mass is 10.2. The molecule has 0 saturated carbocycles. The molecule has 0 spiro atoms. The zero-order chi connectivity index (χ0) is 22.7. The number of amides is 1. The number of hydrogen-bond donors (Lipinski definition) is 0. The molecule has 168 valence electrons. The number of carbonyl (C=O) groups is 1. The first kappa shape index (κ1) is 24.3. The highest BCUT2D eigenvalue weighted by molar-refractivity contribution is 5.85. The molecule has 1 aliphatic heterocycles.